The summed E-state index contributed by atoms with van der Waals surface area (Å²) >= 11 is 0. The monoisotopic (exact) mass is 199 g/mol. The van der Waals surface area contributed by atoms with Crippen LogP contribution in [0.5, 0.6) is 0 Å². The van der Waals surface area contributed by atoms with Gasteiger partial charge in [0.25, 0.3) is 0 Å². The van der Waals surface area contributed by atoms with Crippen molar-refractivity contribution in [3.05, 3.63) is 0 Å². The SMILES string of the molecule is CC(=O)N1CC[N+](C)(C(C)(C)C)CC1. The molecular weight excluding hydrogens is 176 g/mol. The Morgan fingerprint density at radius 3 is 1.93 bits per heavy atom. The molecule has 1 saturated heterocycles. The maximum Gasteiger partial charge on any atom is 0.219 e. The van der Waals surface area contributed by atoms with E-state index in [2.05, 4.69) is 27.8 Å². The van der Waals surface area contributed by atoms with Gasteiger partial charge < -0.3 is 9.38 Å². The van der Waals surface area contributed by atoms with Crippen molar-refractivity contribution in [1.29, 1.82) is 0 Å². The Kier molecular flexibility index (Phi) is 2.91. The van der Waals surface area contributed by atoms with Crippen molar-refractivity contribution in [2.45, 2.75) is 33.2 Å². The number of nitrogens with zero attached hydrogens (tertiary/aromatic N) is 2. The minimum absolute atomic E-state index is 0.213. The molecule has 3 nitrogen and oxygen atoms in total. The molecular formula is C11H23N2O+. The van der Waals surface area contributed by atoms with Crippen LogP contribution in [-0.4, -0.2) is 54.1 Å². The highest BCUT2D eigenvalue weighted by Crippen LogP contribution is 2.24. The normalized spacial score (nSPS) is 22.2. The zero-order valence-electron chi connectivity index (χ0n) is 10.1. The first-order valence-corrected chi connectivity index (χ1v) is 5.36. The Morgan fingerprint density at radius 1 is 1.21 bits per heavy atom. The molecule has 0 aromatic heterocycles. The highest BCUT2D eigenvalue weighted by Gasteiger charge is 2.39. The lowest BCUT2D eigenvalue weighted by atomic mass is 10.0. The largest absolute Gasteiger partial charge is 0.332 e. The molecule has 0 aromatic rings. The van der Waals surface area contributed by atoms with Crippen LogP contribution in [0.2, 0.25) is 0 Å². The van der Waals surface area contributed by atoms with Gasteiger partial charge in [0.2, 0.25) is 5.91 Å². The van der Waals surface area contributed by atoms with Crippen molar-refractivity contribution in [1.82, 2.24) is 4.90 Å². The van der Waals surface area contributed by atoms with Crippen LogP contribution in [0.4, 0.5) is 0 Å². The summed E-state index contributed by atoms with van der Waals surface area (Å²) in [6.45, 7) is 12.4. The molecule has 0 aromatic carbocycles. The van der Waals surface area contributed by atoms with Gasteiger partial charge in [0.1, 0.15) is 0 Å². The number of amides is 1. The predicted octanol–water partition coefficient (Wildman–Crippen LogP) is 1.09. The Labute approximate surface area is 87.3 Å². The third-order valence-corrected chi connectivity index (χ3v) is 3.79. The summed E-state index contributed by atoms with van der Waals surface area (Å²) in [6.07, 6.45) is 0. The first-order valence-electron chi connectivity index (χ1n) is 5.36. The zero-order valence-corrected chi connectivity index (χ0v) is 10.1. The summed E-state index contributed by atoms with van der Waals surface area (Å²) in [4.78, 5) is 13.1. The van der Waals surface area contributed by atoms with Crippen molar-refractivity contribution in [3.63, 3.8) is 0 Å². The van der Waals surface area contributed by atoms with Crippen LogP contribution in [0.15, 0.2) is 0 Å². The molecule has 1 fully saturated rings. The number of hydrogen-bond donors (Lipinski definition) is 0. The topological polar surface area (TPSA) is 20.3 Å². The molecule has 3 heteroatoms. The van der Waals surface area contributed by atoms with Gasteiger partial charge in [0, 0.05) is 6.92 Å². The van der Waals surface area contributed by atoms with E-state index in [1.807, 2.05) is 4.90 Å². The Bertz CT molecular complexity index is 222. The van der Waals surface area contributed by atoms with Crippen LogP contribution in [0.25, 0.3) is 0 Å². The standard InChI is InChI=1S/C11H23N2O/c1-10(14)12-6-8-13(5,9-7-12)11(2,3)4/h6-9H2,1-5H3/q+1. The number of carbonyl (C=O) groups excluding carboxylic acids is 1. The van der Waals surface area contributed by atoms with Gasteiger partial charge in [-0.15, -0.1) is 0 Å². The summed E-state index contributed by atoms with van der Waals surface area (Å²) in [6, 6.07) is 0. The fourth-order valence-corrected chi connectivity index (χ4v) is 1.89. The van der Waals surface area contributed by atoms with E-state index in [4.69, 9.17) is 0 Å². The minimum atomic E-state index is 0.213. The van der Waals surface area contributed by atoms with E-state index in [-0.39, 0.29) is 11.4 Å². The molecule has 0 N–H and O–H groups in total. The molecule has 0 unspecified atom stereocenters. The van der Waals surface area contributed by atoms with Gasteiger partial charge in [-0.05, 0) is 20.8 Å². The van der Waals surface area contributed by atoms with E-state index < -0.39 is 0 Å². The lowest BCUT2D eigenvalue weighted by Crippen LogP contribution is -2.65. The van der Waals surface area contributed by atoms with Crippen molar-refractivity contribution < 1.29 is 9.28 Å². The fraction of sp³-hybridized carbons (Fsp3) is 0.909. The minimum Gasteiger partial charge on any atom is -0.332 e. The number of rotatable bonds is 0. The lowest BCUT2D eigenvalue weighted by molar-refractivity contribution is -0.956. The number of carbonyl (C=O) groups is 1. The third kappa shape index (κ3) is 2.08. The number of hydrogen-bond acceptors (Lipinski definition) is 1. The maximum absolute atomic E-state index is 11.2. The van der Waals surface area contributed by atoms with Crippen molar-refractivity contribution in [2.24, 2.45) is 0 Å². The smallest absolute Gasteiger partial charge is 0.219 e. The fourth-order valence-electron chi connectivity index (χ4n) is 1.89. The highest BCUT2D eigenvalue weighted by atomic mass is 16.2. The van der Waals surface area contributed by atoms with Gasteiger partial charge in [-0.3, -0.25) is 4.79 Å². The molecule has 0 radical (unpaired) electrons. The highest BCUT2D eigenvalue weighted by molar-refractivity contribution is 5.73. The van der Waals surface area contributed by atoms with Gasteiger partial charge in [0.15, 0.2) is 0 Å². The van der Waals surface area contributed by atoms with Crippen LogP contribution in [0.1, 0.15) is 27.7 Å². The van der Waals surface area contributed by atoms with E-state index >= 15 is 0 Å². The number of quaternary nitrogens is 1. The molecule has 14 heavy (non-hydrogen) atoms. The van der Waals surface area contributed by atoms with Gasteiger partial charge >= 0.3 is 0 Å². The first-order chi connectivity index (χ1) is 6.26. The predicted molar refractivity (Wildman–Crippen MR) is 57.9 cm³/mol. The van der Waals surface area contributed by atoms with Crippen molar-refractivity contribution >= 4 is 5.91 Å². The van der Waals surface area contributed by atoms with Crippen molar-refractivity contribution in [3.8, 4) is 0 Å². The quantitative estimate of drug-likeness (QED) is 0.535. The van der Waals surface area contributed by atoms with E-state index in [1.54, 1.807) is 6.92 Å². The summed E-state index contributed by atoms with van der Waals surface area (Å²) in [5.74, 6) is 0.213. The second kappa shape index (κ2) is 3.54. The van der Waals surface area contributed by atoms with E-state index in [9.17, 15) is 4.79 Å². The van der Waals surface area contributed by atoms with Crippen LogP contribution in [0, 0.1) is 0 Å². The maximum atomic E-state index is 11.2. The van der Waals surface area contributed by atoms with E-state index in [1.165, 1.54) is 0 Å². The molecule has 0 bridgehead atoms. The molecule has 1 amide bonds. The van der Waals surface area contributed by atoms with Crippen LogP contribution in [-0.2, 0) is 4.79 Å². The number of likely N-dealkylation sites (N-methyl/N-ethyl adjacent to an activating group) is 1. The molecule has 0 atom stereocenters. The first kappa shape index (κ1) is 11.5. The lowest BCUT2D eigenvalue weighted by Gasteiger charge is -2.50. The molecule has 1 aliphatic rings. The second-order valence-corrected chi connectivity index (χ2v) is 5.52. The van der Waals surface area contributed by atoms with E-state index in [0.717, 1.165) is 30.7 Å². The number of piperazine rings is 1. The average Bonchev–Trinajstić information content (AvgIpc) is 2.03. The zero-order chi connectivity index (χ0) is 11.0. The van der Waals surface area contributed by atoms with Crippen LogP contribution >= 0.6 is 0 Å². The third-order valence-electron chi connectivity index (χ3n) is 3.79. The molecule has 0 saturated carbocycles. The van der Waals surface area contributed by atoms with E-state index in [0.29, 0.717) is 0 Å². The summed E-state index contributed by atoms with van der Waals surface area (Å²) in [7, 11) is 2.29. The molecule has 0 aliphatic carbocycles. The molecule has 0 spiro atoms. The van der Waals surface area contributed by atoms with Crippen molar-refractivity contribution in [2.75, 3.05) is 33.2 Å². The van der Waals surface area contributed by atoms with Gasteiger partial charge in [0.05, 0.1) is 38.8 Å². The summed E-state index contributed by atoms with van der Waals surface area (Å²) in [5, 5.41) is 0. The summed E-state index contributed by atoms with van der Waals surface area (Å²) < 4.78 is 1.07. The second-order valence-electron chi connectivity index (χ2n) is 5.52. The summed E-state index contributed by atoms with van der Waals surface area (Å²) in [5.41, 5.74) is 0.281. The van der Waals surface area contributed by atoms with Gasteiger partial charge in [-0.25, -0.2) is 0 Å². The van der Waals surface area contributed by atoms with Crippen LogP contribution < -0.4 is 0 Å². The van der Waals surface area contributed by atoms with Gasteiger partial charge in [-0.2, -0.15) is 0 Å². The molecule has 1 aliphatic heterocycles. The Balaban J connectivity index is 2.62. The molecule has 82 valence electrons. The van der Waals surface area contributed by atoms with Gasteiger partial charge in [-0.1, -0.05) is 0 Å². The molecule has 1 heterocycles. The van der Waals surface area contributed by atoms with Crippen LogP contribution in [0.3, 0.4) is 0 Å². The molecule has 1 rings (SSSR count). The Hall–Kier alpha value is -0.570. The Morgan fingerprint density at radius 2 is 1.64 bits per heavy atom. The average molecular weight is 199 g/mol.